The van der Waals surface area contributed by atoms with Gasteiger partial charge in [-0.25, -0.2) is 9.78 Å². The summed E-state index contributed by atoms with van der Waals surface area (Å²) in [5.41, 5.74) is 1.47. The minimum atomic E-state index is -0.213. The number of thiazole rings is 1. The Bertz CT molecular complexity index is 923. The number of likely N-dealkylation sites (tertiary alicyclic amines) is 1. The third kappa shape index (κ3) is 3.40. The second-order valence-corrected chi connectivity index (χ2v) is 7.30. The van der Waals surface area contributed by atoms with Crippen molar-refractivity contribution in [2.75, 3.05) is 25.5 Å². The van der Waals surface area contributed by atoms with E-state index in [1.807, 2.05) is 24.3 Å². The molecule has 3 aromatic rings. The molecule has 1 aliphatic rings. The van der Waals surface area contributed by atoms with Crippen LogP contribution in [0, 0.1) is 0 Å². The van der Waals surface area contributed by atoms with Gasteiger partial charge in [0.1, 0.15) is 11.9 Å². The molecule has 0 aliphatic carbocycles. The number of carbonyl (C=O) groups excluding carboxylic acids is 1. The Balaban J connectivity index is 1.34. The van der Waals surface area contributed by atoms with E-state index in [0.29, 0.717) is 34.7 Å². The van der Waals surface area contributed by atoms with Crippen LogP contribution < -0.4 is 14.8 Å². The Morgan fingerprint density at radius 3 is 2.88 bits per heavy atom. The molecule has 134 valence electrons. The van der Waals surface area contributed by atoms with Gasteiger partial charge in [0.2, 0.25) is 0 Å². The number of ether oxygens (including phenoxy) is 2. The van der Waals surface area contributed by atoms with Crippen molar-refractivity contribution in [3.63, 3.8) is 0 Å². The Morgan fingerprint density at radius 1 is 1.31 bits per heavy atom. The van der Waals surface area contributed by atoms with Crippen LogP contribution in [0.4, 0.5) is 10.5 Å². The van der Waals surface area contributed by atoms with Gasteiger partial charge in [0.15, 0.2) is 0 Å². The van der Waals surface area contributed by atoms with Crippen molar-refractivity contribution in [1.29, 1.82) is 0 Å². The summed E-state index contributed by atoms with van der Waals surface area (Å²) in [6.45, 7) is 1.01. The van der Waals surface area contributed by atoms with Gasteiger partial charge in [0, 0.05) is 5.02 Å². The number of hydrogen-bond acceptors (Lipinski definition) is 5. The normalized spacial score (nSPS) is 14.2. The van der Waals surface area contributed by atoms with E-state index in [-0.39, 0.29) is 12.1 Å². The van der Waals surface area contributed by atoms with Crippen molar-refractivity contribution in [2.45, 2.75) is 6.10 Å². The van der Waals surface area contributed by atoms with Gasteiger partial charge in [-0.05, 0) is 30.3 Å². The van der Waals surface area contributed by atoms with E-state index in [1.54, 1.807) is 30.2 Å². The van der Waals surface area contributed by atoms with Crippen LogP contribution in [0.2, 0.25) is 5.02 Å². The summed E-state index contributed by atoms with van der Waals surface area (Å²) in [4.78, 5) is 18.5. The number of hydrogen-bond donors (Lipinski definition) is 1. The zero-order valence-electron chi connectivity index (χ0n) is 13.9. The monoisotopic (exact) mass is 389 g/mol. The molecule has 0 bridgehead atoms. The van der Waals surface area contributed by atoms with Crippen molar-refractivity contribution < 1.29 is 14.3 Å². The van der Waals surface area contributed by atoms with Crippen LogP contribution in [0.1, 0.15) is 0 Å². The number of urea groups is 1. The molecule has 6 nitrogen and oxygen atoms in total. The predicted molar refractivity (Wildman–Crippen MR) is 103 cm³/mol. The van der Waals surface area contributed by atoms with Crippen molar-refractivity contribution in [2.24, 2.45) is 0 Å². The van der Waals surface area contributed by atoms with Crippen molar-refractivity contribution >= 4 is 44.9 Å². The molecule has 0 saturated carbocycles. The Labute approximate surface area is 159 Å². The lowest BCUT2D eigenvalue weighted by Gasteiger charge is -2.38. The SMILES string of the molecule is COc1ccc(Cl)cc1NC(=O)N1CC(Oc2nc3ccccc3s2)C1. The van der Waals surface area contributed by atoms with Gasteiger partial charge in [-0.2, -0.15) is 0 Å². The molecule has 4 rings (SSSR count). The van der Waals surface area contributed by atoms with E-state index < -0.39 is 0 Å². The molecule has 0 unspecified atom stereocenters. The summed E-state index contributed by atoms with van der Waals surface area (Å²) in [5, 5.41) is 3.98. The number of fused-ring (bicyclic) bond motifs is 1. The fraction of sp³-hybridized carbons (Fsp3) is 0.222. The summed E-state index contributed by atoms with van der Waals surface area (Å²) < 4.78 is 12.2. The van der Waals surface area contributed by atoms with Crippen molar-refractivity contribution in [3.05, 3.63) is 47.5 Å². The maximum Gasteiger partial charge on any atom is 0.322 e. The fourth-order valence-corrected chi connectivity index (χ4v) is 3.75. The maximum absolute atomic E-state index is 12.4. The fourth-order valence-electron chi connectivity index (χ4n) is 2.69. The lowest BCUT2D eigenvalue weighted by molar-refractivity contribution is 0.0492. The highest BCUT2D eigenvalue weighted by Gasteiger charge is 2.33. The minimum absolute atomic E-state index is 0.0532. The largest absolute Gasteiger partial charge is 0.495 e. The number of benzene rings is 2. The highest BCUT2D eigenvalue weighted by atomic mass is 35.5. The van der Waals surface area contributed by atoms with E-state index in [1.165, 1.54) is 11.3 Å². The molecule has 0 radical (unpaired) electrons. The number of halogens is 1. The molecule has 2 amide bonds. The van der Waals surface area contributed by atoms with Crippen molar-refractivity contribution in [1.82, 2.24) is 9.88 Å². The Morgan fingerprint density at radius 2 is 2.12 bits per heavy atom. The molecule has 1 aromatic heterocycles. The first-order chi connectivity index (χ1) is 12.6. The average molecular weight is 390 g/mol. The van der Waals surface area contributed by atoms with Crippen LogP contribution in [0.5, 0.6) is 10.9 Å². The van der Waals surface area contributed by atoms with Gasteiger partial charge >= 0.3 is 6.03 Å². The summed E-state index contributed by atoms with van der Waals surface area (Å²) >= 11 is 7.50. The summed E-state index contributed by atoms with van der Waals surface area (Å²) in [6, 6.07) is 12.8. The van der Waals surface area contributed by atoms with Gasteiger partial charge in [0.05, 0.1) is 36.1 Å². The van der Waals surface area contributed by atoms with Crippen molar-refractivity contribution in [3.8, 4) is 10.9 Å². The van der Waals surface area contributed by atoms with Crippen LogP contribution in [0.25, 0.3) is 10.2 Å². The molecule has 2 heterocycles. The lowest BCUT2D eigenvalue weighted by Crippen LogP contribution is -2.57. The molecule has 1 saturated heterocycles. The number of rotatable bonds is 4. The van der Waals surface area contributed by atoms with E-state index in [4.69, 9.17) is 21.1 Å². The van der Waals surface area contributed by atoms with Crippen LogP contribution in [-0.2, 0) is 0 Å². The molecular formula is C18H16ClN3O3S. The number of carbonyl (C=O) groups is 1. The predicted octanol–water partition coefficient (Wildman–Crippen LogP) is 4.25. The van der Waals surface area contributed by atoms with Crippen LogP contribution in [0.3, 0.4) is 0 Å². The molecule has 1 aliphatic heterocycles. The minimum Gasteiger partial charge on any atom is -0.495 e. The number of aromatic nitrogens is 1. The lowest BCUT2D eigenvalue weighted by atomic mass is 10.2. The van der Waals surface area contributed by atoms with E-state index in [2.05, 4.69) is 10.3 Å². The average Bonchev–Trinajstić information content (AvgIpc) is 3.00. The quantitative estimate of drug-likeness (QED) is 0.724. The smallest absolute Gasteiger partial charge is 0.322 e. The molecular weight excluding hydrogens is 374 g/mol. The third-order valence-corrected chi connectivity index (χ3v) is 5.24. The second-order valence-electron chi connectivity index (χ2n) is 5.87. The van der Waals surface area contributed by atoms with Gasteiger partial charge in [-0.3, -0.25) is 0 Å². The van der Waals surface area contributed by atoms with E-state index in [9.17, 15) is 4.79 Å². The first kappa shape index (κ1) is 16.9. The first-order valence-corrected chi connectivity index (χ1v) is 9.23. The standard InChI is InChI=1S/C18H16ClN3O3S/c1-24-15-7-6-11(19)8-14(15)20-17(23)22-9-12(10-22)25-18-21-13-4-2-3-5-16(13)26-18/h2-8,12H,9-10H2,1H3,(H,20,23). The molecule has 1 fully saturated rings. The summed E-state index contributed by atoms with van der Waals surface area (Å²) in [6.07, 6.45) is -0.0532. The molecule has 26 heavy (non-hydrogen) atoms. The highest BCUT2D eigenvalue weighted by molar-refractivity contribution is 7.20. The number of methoxy groups -OCH3 is 1. The van der Waals surface area contributed by atoms with Gasteiger partial charge in [-0.15, -0.1) is 0 Å². The molecule has 1 N–H and O–H groups in total. The molecule has 8 heteroatoms. The molecule has 0 atom stereocenters. The highest BCUT2D eigenvalue weighted by Crippen LogP contribution is 2.30. The maximum atomic E-state index is 12.4. The van der Waals surface area contributed by atoms with Gasteiger partial charge in [0.25, 0.3) is 5.19 Å². The Kier molecular flexibility index (Phi) is 4.57. The van der Waals surface area contributed by atoms with Crippen LogP contribution >= 0.6 is 22.9 Å². The first-order valence-electron chi connectivity index (χ1n) is 8.04. The van der Waals surface area contributed by atoms with Crippen LogP contribution in [-0.4, -0.2) is 42.2 Å². The van der Waals surface area contributed by atoms with Gasteiger partial charge in [-0.1, -0.05) is 35.1 Å². The number of amides is 2. The Hall–Kier alpha value is -2.51. The second kappa shape index (κ2) is 7.01. The van der Waals surface area contributed by atoms with Crippen LogP contribution in [0.15, 0.2) is 42.5 Å². The molecule has 2 aromatic carbocycles. The topological polar surface area (TPSA) is 63.7 Å². The number of nitrogens with zero attached hydrogens (tertiary/aromatic N) is 2. The third-order valence-electron chi connectivity index (χ3n) is 4.08. The zero-order chi connectivity index (χ0) is 18.1. The van der Waals surface area contributed by atoms with Gasteiger partial charge < -0.3 is 19.7 Å². The number of anilines is 1. The number of para-hydroxylation sites is 1. The molecule has 0 spiro atoms. The van der Waals surface area contributed by atoms with E-state index in [0.717, 1.165) is 10.2 Å². The number of nitrogens with one attached hydrogen (secondary N) is 1. The summed E-state index contributed by atoms with van der Waals surface area (Å²) in [5.74, 6) is 0.561. The summed E-state index contributed by atoms with van der Waals surface area (Å²) in [7, 11) is 1.55. The van der Waals surface area contributed by atoms with E-state index >= 15 is 0 Å². The zero-order valence-corrected chi connectivity index (χ0v) is 15.5.